The molecule has 3 N–H and O–H groups in total. The Labute approximate surface area is 145 Å². The van der Waals surface area contributed by atoms with E-state index in [0.717, 1.165) is 5.56 Å². The molecule has 0 bridgehead atoms. The number of hydrogen-bond donors (Lipinski definition) is 3. The first-order chi connectivity index (χ1) is 11.2. The van der Waals surface area contributed by atoms with E-state index in [4.69, 9.17) is 0 Å². The molecule has 2 rings (SSSR count). The fourth-order valence-corrected chi connectivity index (χ4v) is 4.28. The Balaban J connectivity index is 2.06. The Bertz CT molecular complexity index is 633. The Morgan fingerprint density at radius 1 is 1.29 bits per heavy atom. The zero-order chi connectivity index (χ0) is 17.9. The number of carboxylic acids is 1. The summed E-state index contributed by atoms with van der Waals surface area (Å²) in [6.45, 7) is 5.02. The number of amides is 1. The van der Waals surface area contributed by atoms with E-state index in [0.29, 0.717) is 0 Å². The number of benzene rings is 1. The van der Waals surface area contributed by atoms with Gasteiger partial charge < -0.3 is 10.4 Å². The number of ketones is 1. The van der Waals surface area contributed by atoms with Crippen molar-refractivity contribution in [2.24, 2.45) is 0 Å². The topological polar surface area (TPSA) is 95.5 Å². The van der Waals surface area contributed by atoms with Gasteiger partial charge in [0.1, 0.15) is 12.1 Å². The largest absolute Gasteiger partial charge is 0.480 e. The van der Waals surface area contributed by atoms with Crippen molar-refractivity contribution in [3.05, 3.63) is 35.9 Å². The Hall–Kier alpha value is -1.86. The van der Waals surface area contributed by atoms with Crippen LogP contribution < -0.4 is 10.6 Å². The first-order valence-electron chi connectivity index (χ1n) is 7.71. The van der Waals surface area contributed by atoms with Crippen molar-refractivity contribution in [3.63, 3.8) is 0 Å². The standard InChI is InChI=1S/C17H22N2O4S/c1-10(20)13(15-19-14(16(22)23)17(2,3)24-15)18-12(21)9-11-7-5-4-6-8-11/h4-8,13-15,19H,9H2,1-3H3,(H,18,21)(H,22,23)/t13-,14+,15-/m1/s1. The van der Waals surface area contributed by atoms with Crippen molar-refractivity contribution < 1.29 is 19.5 Å². The first-order valence-corrected chi connectivity index (χ1v) is 8.59. The molecule has 0 saturated carbocycles. The predicted octanol–water partition coefficient (Wildman–Crippen LogP) is 1.20. The zero-order valence-electron chi connectivity index (χ0n) is 13.9. The third kappa shape index (κ3) is 4.36. The number of Topliss-reactive ketones (excluding diaryl/α,β-unsaturated/α-hetero) is 1. The molecule has 1 amide bonds. The predicted molar refractivity (Wildman–Crippen MR) is 92.8 cm³/mol. The molecule has 3 atom stereocenters. The van der Waals surface area contributed by atoms with Gasteiger partial charge in [-0.2, -0.15) is 0 Å². The number of carbonyl (C=O) groups is 3. The Morgan fingerprint density at radius 2 is 1.92 bits per heavy atom. The molecule has 0 radical (unpaired) electrons. The molecule has 1 aromatic rings. The number of carbonyl (C=O) groups excluding carboxylic acids is 2. The minimum atomic E-state index is -0.965. The highest BCUT2D eigenvalue weighted by molar-refractivity contribution is 8.01. The van der Waals surface area contributed by atoms with Crippen LogP contribution in [0.4, 0.5) is 0 Å². The molecule has 1 aromatic carbocycles. The molecule has 0 spiro atoms. The van der Waals surface area contributed by atoms with Gasteiger partial charge in [-0.25, -0.2) is 0 Å². The quantitative estimate of drug-likeness (QED) is 0.713. The van der Waals surface area contributed by atoms with E-state index in [1.807, 2.05) is 44.2 Å². The van der Waals surface area contributed by atoms with Crippen molar-refractivity contribution in [2.45, 2.75) is 49.4 Å². The molecule has 1 saturated heterocycles. The highest BCUT2D eigenvalue weighted by atomic mass is 32.2. The van der Waals surface area contributed by atoms with Crippen LogP contribution >= 0.6 is 11.8 Å². The molecule has 130 valence electrons. The van der Waals surface area contributed by atoms with Gasteiger partial charge in [0, 0.05) is 4.75 Å². The van der Waals surface area contributed by atoms with E-state index in [9.17, 15) is 19.5 Å². The number of hydrogen-bond acceptors (Lipinski definition) is 5. The molecule has 7 heteroatoms. The van der Waals surface area contributed by atoms with Crippen LogP contribution in [0.5, 0.6) is 0 Å². The third-order valence-corrected chi connectivity index (χ3v) is 5.47. The molecule has 24 heavy (non-hydrogen) atoms. The third-order valence-electron chi connectivity index (χ3n) is 3.97. The average Bonchev–Trinajstić information content (AvgIpc) is 2.81. The highest BCUT2D eigenvalue weighted by Crippen LogP contribution is 2.39. The van der Waals surface area contributed by atoms with Crippen LogP contribution in [-0.2, 0) is 20.8 Å². The summed E-state index contributed by atoms with van der Waals surface area (Å²) in [5, 5.41) is 14.5. The minimum Gasteiger partial charge on any atom is -0.480 e. The SMILES string of the molecule is CC(=O)[C@@H](NC(=O)Cc1ccccc1)[C@@H]1N[C@@H](C(=O)O)C(C)(C)S1. The Kier molecular flexibility index (Phi) is 5.66. The molecule has 6 nitrogen and oxygen atoms in total. The number of aliphatic carboxylic acids is 1. The molecule has 0 unspecified atom stereocenters. The van der Waals surface area contributed by atoms with E-state index < -0.39 is 28.2 Å². The normalized spacial score (nSPS) is 23.5. The van der Waals surface area contributed by atoms with Crippen LogP contribution in [0.1, 0.15) is 26.3 Å². The van der Waals surface area contributed by atoms with Gasteiger partial charge in [-0.15, -0.1) is 11.8 Å². The first kappa shape index (κ1) is 18.5. The van der Waals surface area contributed by atoms with E-state index in [-0.39, 0.29) is 18.1 Å². The second kappa shape index (κ2) is 7.36. The summed E-state index contributed by atoms with van der Waals surface area (Å²) in [6.07, 6.45) is 0.174. The van der Waals surface area contributed by atoms with Gasteiger partial charge in [-0.3, -0.25) is 19.7 Å². The molecule has 0 aromatic heterocycles. The maximum Gasteiger partial charge on any atom is 0.322 e. The smallest absolute Gasteiger partial charge is 0.322 e. The lowest BCUT2D eigenvalue weighted by atomic mass is 10.0. The van der Waals surface area contributed by atoms with Crippen molar-refractivity contribution in [1.82, 2.24) is 10.6 Å². The van der Waals surface area contributed by atoms with Crippen molar-refractivity contribution in [3.8, 4) is 0 Å². The van der Waals surface area contributed by atoms with Crippen LogP contribution in [0.2, 0.25) is 0 Å². The van der Waals surface area contributed by atoms with Crippen LogP contribution in [-0.4, -0.2) is 45.0 Å². The lowest BCUT2D eigenvalue weighted by Crippen LogP contribution is -2.53. The summed E-state index contributed by atoms with van der Waals surface area (Å²) in [7, 11) is 0. The van der Waals surface area contributed by atoms with Crippen LogP contribution in [0.25, 0.3) is 0 Å². The maximum absolute atomic E-state index is 12.2. The monoisotopic (exact) mass is 350 g/mol. The number of carboxylic acid groups (broad SMARTS) is 1. The van der Waals surface area contributed by atoms with E-state index in [2.05, 4.69) is 10.6 Å². The lowest BCUT2D eigenvalue weighted by molar-refractivity contribution is -0.140. The van der Waals surface area contributed by atoms with Crippen molar-refractivity contribution in [1.29, 1.82) is 0 Å². The molecule has 1 aliphatic rings. The van der Waals surface area contributed by atoms with Crippen molar-refractivity contribution in [2.75, 3.05) is 0 Å². The maximum atomic E-state index is 12.2. The van der Waals surface area contributed by atoms with Crippen LogP contribution in [0.3, 0.4) is 0 Å². The fourth-order valence-electron chi connectivity index (χ4n) is 2.72. The summed E-state index contributed by atoms with van der Waals surface area (Å²) in [5.41, 5.74) is 0.855. The molecular weight excluding hydrogens is 328 g/mol. The lowest BCUT2D eigenvalue weighted by Gasteiger charge is -2.23. The molecular formula is C17H22N2O4S. The second-order valence-corrected chi connectivity index (χ2v) is 8.19. The fraction of sp³-hybridized carbons (Fsp3) is 0.471. The minimum absolute atomic E-state index is 0.174. The number of nitrogens with one attached hydrogen (secondary N) is 2. The highest BCUT2D eigenvalue weighted by Gasteiger charge is 2.48. The van der Waals surface area contributed by atoms with E-state index in [1.165, 1.54) is 18.7 Å². The number of thioether (sulfide) groups is 1. The summed E-state index contributed by atoms with van der Waals surface area (Å²) in [6, 6.07) is 7.70. The van der Waals surface area contributed by atoms with Gasteiger partial charge in [-0.1, -0.05) is 30.3 Å². The second-order valence-electron chi connectivity index (χ2n) is 6.40. The van der Waals surface area contributed by atoms with Gasteiger partial charge in [0.15, 0.2) is 5.78 Å². The summed E-state index contributed by atoms with van der Waals surface area (Å²) in [4.78, 5) is 35.6. The Morgan fingerprint density at radius 3 is 2.42 bits per heavy atom. The van der Waals surface area contributed by atoms with Gasteiger partial charge in [0.05, 0.1) is 11.8 Å². The molecule has 0 aliphatic carbocycles. The average molecular weight is 350 g/mol. The van der Waals surface area contributed by atoms with Crippen LogP contribution in [0, 0.1) is 0 Å². The zero-order valence-corrected chi connectivity index (χ0v) is 14.7. The van der Waals surface area contributed by atoms with E-state index in [1.54, 1.807) is 0 Å². The van der Waals surface area contributed by atoms with Gasteiger partial charge >= 0.3 is 5.97 Å². The van der Waals surface area contributed by atoms with Gasteiger partial charge in [-0.05, 0) is 26.3 Å². The van der Waals surface area contributed by atoms with Gasteiger partial charge in [0.25, 0.3) is 0 Å². The summed E-state index contributed by atoms with van der Waals surface area (Å²) < 4.78 is -0.575. The number of rotatable bonds is 6. The molecule has 1 aliphatic heterocycles. The van der Waals surface area contributed by atoms with E-state index >= 15 is 0 Å². The van der Waals surface area contributed by atoms with Crippen LogP contribution in [0.15, 0.2) is 30.3 Å². The summed E-state index contributed by atoms with van der Waals surface area (Å²) in [5.74, 6) is -1.43. The van der Waals surface area contributed by atoms with Crippen molar-refractivity contribution >= 4 is 29.4 Å². The molecule has 1 heterocycles. The van der Waals surface area contributed by atoms with Gasteiger partial charge in [0.2, 0.25) is 5.91 Å². The molecule has 1 fully saturated rings. The summed E-state index contributed by atoms with van der Waals surface area (Å²) >= 11 is 1.36.